The van der Waals surface area contributed by atoms with Crippen LogP contribution in [0.2, 0.25) is 0 Å². The van der Waals surface area contributed by atoms with Crippen molar-refractivity contribution in [1.29, 1.82) is 0 Å². The van der Waals surface area contributed by atoms with E-state index in [1.54, 1.807) is 13.4 Å². The number of nitrogens with one attached hydrogen (secondary N) is 2. The molecule has 2 heterocycles. The molecule has 0 saturated carbocycles. The van der Waals surface area contributed by atoms with Gasteiger partial charge in [-0.3, -0.25) is 9.98 Å². The molecule has 2 aliphatic heterocycles. The second kappa shape index (κ2) is 2.75. The molecule has 0 aliphatic carbocycles. The first-order chi connectivity index (χ1) is 5.81. The lowest BCUT2D eigenvalue weighted by atomic mass is 10.2. The zero-order chi connectivity index (χ0) is 8.55. The van der Waals surface area contributed by atoms with Gasteiger partial charge in [0.15, 0.2) is 0 Å². The lowest BCUT2D eigenvalue weighted by Gasteiger charge is -2.23. The number of halogens is 1. The van der Waals surface area contributed by atoms with Crippen molar-refractivity contribution >= 4 is 29.1 Å². The minimum Gasteiger partial charge on any atom is -0.354 e. The van der Waals surface area contributed by atoms with Crippen molar-refractivity contribution < 1.29 is 0 Å². The first-order valence-electron chi connectivity index (χ1n) is 3.56. The van der Waals surface area contributed by atoms with E-state index in [1.807, 2.05) is 0 Å². The van der Waals surface area contributed by atoms with Crippen LogP contribution in [0, 0.1) is 0 Å². The summed E-state index contributed by atoms with van der Waals surface area (Å²) in [4.78, 5) is 12.0. The van der Waals surface area contributed by atoms with Crippen molar-refractivity contribution in [3.63, 3.8) is 0 Å². The Bertz CT molecular complexity index is 282. The quantitative estimate of drug-likeness (QED) is 0.537. The van der Waals surface area contributed by atoms with E-state index >= 15 is 0 Å². The summed E-state index contributed by atoms with van der Waals surface area (Å²) >= 11 is 5.87. The lowest BCUT2D eigenvalue weighted by Crippen LogP contribution is -2.52. The molecular formula is C6H8ClN5. The molecular weight excluding hydrogens is 178 g/mol. The topological polar surface area (TPSA) is 61.1 Å². The van der Waals surface area contributed by atoms with Gasteiger partial charge < -0.3 is 10.6 Å². The minimum absolute atomic E-state index is 0.00806. The number of rotatable bonds is 0. The maximum Gasteiger partial charge on any atom is 0.220 e. The van der Waals surface area contributed by atoms with Gasteiger partial charge in [-0.15, -0.1) is 0 Å². The Hall–Kier alpha value is -1.10. The van der Waals surface area contributed by atoms with Gasteiger partial charge in [0.05, 0.1) is 6.34 Å². The molecule has 2 unspecified atom stereocenters. The van der Waals surface area contributed by atoms with Crippen molar-refractivity contribution in [2.45, 2.75) is 12.2 Å². The molecule has 2 aliphatic rings. The van der Waals surface area contributed by atoms with Gasteiger partial charge in [-0.2, -0.15) is 0 Å². The summed E-state index contributed by atoms with van der Waals surface area (Å²) in [6.45, 7) is 0. The largest absolute Gasteiger partial charge is 0.354 e. The molecule has 0 saturated heterocycles. The lowest BCUT2D eigenvalue weighted by molar-refractivity contribution is 0.565. The van der Waals surface area contributed by atoms with Crippen LogP contribution in [0.1, 0.15) is 0 Å². The van der Waals surface area contributed by atoms with Crippen LogP contribution in [0.5, 0.6) is 0 Å². The van der Waals surface area contributed by atoms with E-state index in [0.29, 0.717) is 11.1 Å². The number of aliphatic imine (C=N–C) groups is 3. The third-order valence-electron chi connectivity index (χ3n) is 1.76. The highest BCUT2D eigenvalue weighted by molar-refractivity contribution is 6.67. The molecule has 0 amide bonds. The molecule has 12 heavy (non-hydrogen) atoms. The zero-order valence-corrected chi connectivity index (χ0v) is 7.21. The predicted molar refractivity (Wildman–Crippen MR) is 49.0 cm³/mol. The maximum absolute atomic E-state index is 5.87. The fourth-order valence-corrected chi connectivity index (χ4v) is 1.42. The van der Waals surface area contributed by atoms with Crippen LogP contribution in [0.15, 0.2) is 15.0 Å². The third-order valence-corrected chi connectivity index (χ3v) is 2.07. The van der Waals surface area contributed by atoms with Crippen molar-refractivity contribution in [3.8, 4) is 0 Å². The Labute approximate surface area is 74.6 Å². The molecule has 64 valence electrons. The molecule has 2 N–H and O–H groups in total. The summed E-state index contributed by atoms with van der Waals surface area (Å²) in [5, 5.41) is 6.51. The average molecular weight is 186 g/mol. The Morgan fingerprint density at radius 2 is 2.50 bits per heavy atom. The van der Waals surface area contributed by atoms with Gasteiger partial charge in [0.25, 0.3) is 0 Å². The summed E-state index contributed by atoms with van der Waals surface area (Å²) in [5.41, 5.74) is 0. The van der Waals surface area contributed by atoms with Crippen molar-refractivity contribution in [3.05, 3.63) is 0 Å². The zero-order valence-electron chi connectivity index (χ0n) is 6.45. The van der Waals surface area contributed by atoms with Crippen LogP contribution in [-0.2, 0) is 0 Å². The Kier molecular flexibility index (Phi) is 1.73. The van der Waals surface area contributed by atoms with Crippen LogP contribution in [-0.4, -0.2) is 36.7 Å². The highest BCUT2D eigenvalue weighted by atomic mass is 35.5. The van der Waals surface area contributed by atoms with Gasteiger partial charge in [0.2, 0.25) is 5.96 Å². The van der Waals surface area contributed by atoms with E-state index in [4.69, 9.17) is 11.6 Å². The van der Waals surface area contributed by atoms with E-state index < -0.39 is 0 Å². The fraction of sp³-hybridized carbons (Fsp3) is 0.500. The molecule has 5 nitrogen and oxygen atoms in total. The molecule has 2 atom stereocenters. The summed E-state index contributed by atoms with van der Waals surface area (Å²) in [6, 6.07) is -0.0998. The van der Waals surface area contributed by atoms with Gasteiger partial charge in [-0.05, 0) is 0 Å². The van der Waals surface area contributed by atoms with Crippen LogP contribution in [0.4, 0.5) is 0 Å². The van der Waals surface area contributed by atoms with Gasteiger partial charge in [-0.1, -0.05) is 11.6 Å². The van der Waals surface area contributed by atoms with Crippen LogP contribution in [0.25, 0.3) is 0 Å². The maximum atomic E-state index is 5.87. The molecule has 0 fully saturated rings. The summed E-state index contributed by atoms with van der Waals surface area (Å²) in [7, 11) is 1.66. The predicted octanol–water partition coefficient (Wildman–Crippen LogP) is -0.461. The summed E-state index contributed by atoms with van der Waals surface area (Å²) < 4.78 is 0. The molecule has 0 aromatic carbocycles. The number of fused-ring (bicyclic) bond motifs is 1. The van der Waals surface area contributed by atoms with Crippen molar-refractivity contribution in [2.75, 3.05) is 7.05 Å². The SMILES string of the molecule is CN=C1N=C(Cl)C2N=CNC2N1. The van der Waals surface area contributed by atoms with Crippen LogP contribution >= 0.6 is 11.6 Å². The normalized spacial score (nSPS) is 35.5. The van der Waals surface area contributed by atoms with E-state index in [2.05, 4.69) is 25.6 Å². The minimum atomic E-state index is -0.0998. The van der Waals surface area contributed by atoms with Gasteiger partial charge in [0, 0.05) is 7.05 Å². The number of nitrogens with zero attached hydrogens (tertiary/aromatic N) is 3. The average Bonchev–Trinajstić information content (AvgIpc) is 2.52. The molecule has 0 bridgehead atoms. The fourth-order valence-electron chi connectivity index (χ4n) is 1.15. The standard InChI is InChI=1S/C6H8ClN5/c1-8-6-11-4(7)3-5(12-6)10-2-9-3/h2-3,5H,1H3,(H,8,12)(H,9,10). The highest BCUT2D eigenvalue weighted by Crippen LogP contribution is 2.11. The Morgan fingerprint density at radius 1 is 1.67 bits per heavy atom. The van der Waals surface area contributed by atoms with E-state index in [1.165, 1.54) is 0 Å². The monoisotopic (exact) mass is 185 g/mol. The number of hydrogen-bond acceptors (Lipinski definition) is 3. The van der Waals surface area contributed by atoms with E-state index in [-0.39, 0.29) is 12.2 Å². The molecule has 2 rings (SSSR count). The Morgan fingerprint density at radius 3 is 3.25 bits per heavy atom. The van der Waals surface area contributed by atoms with Crippen LogP contribution in [0.3, 0.4) is 0 Å². The van der Waals surface area contributed by atoms with Crippen molar-refractivity contribution in [2.24, 2.45) is 15.0 Å². The van der Waals surface area contributed by atoms with E-state index in [0.717, 1.165) is 0 Å². The van der Waals surface area contributed by atoms with E-state index in [9.17, 15) is 0 Å². The number of guanidine groups is 1. The first-order valence-corrected chi connectivity index (χ1v) is 3.94. The van der Waals surface area contributed by atoms with Gasteiger partial charge in [0.1, 0.15) is 17.4 Å². The molecule has 0 radical (unpaired) electrons. The van der Waals surface area contributed by atoms with Crippen molar-refractivity contribution in [1.82, 2.24) is 10.6 Å². The van der Waals surface area contributed by atoms with Gasteiger partial charge in [-0.25, -0.2) is 4.99 Å². The number of hydrogen-bond donors (Lipinski definition) is 2. The second-order valence-electron chi connectivity index (χ2n) is 2.49. The molecule has 0 aromatic heterocycles. The second-order valence-corrected chi connectivity index (χ2v) is 2.88. The smallest absolute Gasteiger partial charge is 0.220 e. The first kappa shape index (κ1) is 7.54. The summed E-state index contributed by atoms with van der Waals surface area (Å²) in [6.07, 6.45) is 1.63. The van der Waals surface area contributed by atoms with Gasteiger partial charge >= 0.3 is 0 Å². The molecule has 0 aromatic rings. The van der Waals surface area contributed by atoms with Crippen LogP contribution < -0.4 is 10.6 Å². The molecule has 6 heteroatoms. The summed E-state index contributed by atoms with van der Waals surface area (Å²) in [5.74, 6) is 0.541. The molecule has 0 spiro atoms. The Balaban J connectivity index is 2.28. The highest BCUT2D eigenvalue weighted by Gasteiger charge is 2.32. The third kappa shape index (κ3) is 1.06.